The Labute approximate surface area is 235 Å². The number of carbonyl (C=O) groups is 1. The molecule has 0 radical (unpaired) electrons. The standard InChI is InChI=1S/C32H36N2O6/c1-23-32(19-8-12-24-10-5-4-6-11-24,31(36)33-22-26-13-7-14-28(37-2)29(26)38-3)34-30(40-23)25-15-17-27(18-16-25)39-21-9-20-35/h4-8,10-18,23,35H,9,19-22H2,1-3H3,(H,33,36)/b12-8+/t23-,32-/m1/s1. The van der Waals surface area contributed by atoms with E-state index in [-0.39, 0.29) is 19.1 Å². The molecule has 0 bridgehead atoms. The zero-order valence-electron chi connectivity index (χ0n) is 23.1. The molecule has 1 aliphatic heterocycles. The van der Waals surface area contributed by atoms with Gasteiger partial charge in [0.05, 0.1) is 20.8 Å². The van der Waals surface area contributed by atoms with Crippen molar-refractivity contribution in [1.29, 1.82) is 0 Å². The van der Waals surface area contributed by atoms with Gasteiger partial charge in [0.25, 0.3) is 5.91 Å². The van der Waals surface area contributed by atoms with Crippen molar-refractivity contribution in [2.75, 3.05) is 27.4 Å². The number of hydrogen-bond donors (Lipinski definition) is 2. The Bertz CT molecular complexity index is 1320. The van der Waals surface area contributed by atoms with Gasteiger partial charge in [-0.1, -0.05) is 54.6 Å². The Morgan fingerprint density at radius 1 is 1.05 bits per heavy atom. The fraction of sp³-hybridized carbons (Fsp3) is 0.312. The van der Waals surface area contributed by atoms with Gasteiger partial charge >= 0.3 is 0 Å². The number of hydrogen-bond acceptors (Lipinski definition) is 7. The number of aliphatic hydroxyl groups is 1. The average Bonchev–Trinajstić information content (AvgIpc) is 3.33. The van der Waals surface area contributed by atoms with Crippen molar-refractivity contribution >= 4 is 17.9 Å². The van der Waals surface area contributed by atoms with Crippen LogP contribution in [0, 0.1) is 0 Å². The van der Waals surface area contributed by atoms with Crippen LogP contribution in [0.2, 0.25) is 0 Å². The number of aliphatic imine (C=N–C) groups is 1. The predicted octanol–water partition coefficient (Wildman–Crippen LogP) is 4.79. The highest BCUT2D eigenvalue weighted by atomic mass is 16.5. The number of para-hydroxylation sites is 1. The van der Waals surface area contributed by atoms with Crippen molar-refractivity contribution < 1.29 is 28.8 Å². The molecule has 0 aliphatic carbocycles. The second-order valence-electron chi connectivity index (χ2n) is 9.40. The molecule has 8 nitrogen and oxygen atoms in total. The Morgan fingerprint density at radius 3 is 2.52 bits per heavy atom. The molecular weight excluding hydrogens is 508 g/mol. The first kappa shape index (κ1) is 28.7. The van der Waals surface area contributed by atoms with E-state index in [1.165, 1.54) is 0 Å². The van der Waals surface area contributed by atoms with E-state index >= 15 is 0 Å². The van der Waals surface area contributed by atoms with E-state index < -0.39 is 11.6 Å². The molecule has 8 heteroatoms. The van der Waals surface area contributed by atoms with Crippen LogP contribution in [-0.4, -0.2) is 56.0 Å². The number of aliphatic hydroxyl groups excluding tert-OH is 1. The molecule has 0 saturated heterocycles. The van der Waals surface area contributed by atoms with Crippen LogP contribution in [0.3, 0.4) is 0 Å². The predicted molar refractivity (Wildman–Crippen MR) is 155 cm³/mol. The summed E-state index contributed by atoms with van der Waals surface area (Å²) in [6.45, 7) is 2.61. The summed E-state index contributed by atoms with van der Waals surface area (Å²) in [5.41, 5.74) is 1.39. The van der Waals surface area contributed by atoms with Crippen molar-refractivity contribution in [3.63, 3.8) is 0 Å². The molecule has 0 unspecified atom stereocenters. The Balaban J connectivity index is 1.59. The highest BCUT2D eigenvalue weighted by molar-refractivity contribution is 6.00. The number of benzene rings is 3. The second kappa shape index (κ2) is 13.7. The van der Waals surface area contributed by atoms with E-state index in [4.69, 9.17) is 29.0 Å². The summed E-state index contributed by atoms with van der Waals surface area (Å²) < 4.78 is 22.8. The van der Waals surface area contributed by atoms with Crippen molar-refractivity contribution in [3.05, 3.63) is 95.6 Å². The van der Waals surface area contributed by atoms with Gasteiger partial charge in [0, 0.05) is 37.1 Å². The molecule has 3 aromatic carbocycles. The fourth-order valence-corrected chi connectivity index (χ4v) is 4.54. The van der Waals surface area contributed by atoms with Crippen LogP contribution >= 0.6 is 0 Å². The summed E-state index contributed by atoms with van der Waals surface area (Å²) in [6, 6.07) is 22.8. The summed E-state index contributed by atoms with van der Waals surface area (Å²) in [5, 5.41) is 12.0. The van der Waals surface area contributed by atoms with E-state index in [2.05, 4.69) is 5.32 Å². The minimum atomic E-state index is -1.18. The van der Waals surface area contributed by atoms with Crippen LogP contribution in [0.15, 0.2) is 83.9 Å². The molecule has 40 heavy (non-hydrogen) atoms. The lowest BCUT2D eigenvalue weighted by Crippen LogP contribution is -2.50. The number of nitrogens with zero attached hydrogens (tertiary/aromatic N) is 1. The lowest BCUT2D eigenvalue weighted by Gasteiger charge is -2.27. The van der Waals surface area contributed by atoms with Crippen LogP contribution in [0.25, 0.3) is 6.08 Å². The number of carbonyl (C=O) groups excluding carboxylic acids is 1. The van der Waals surface area contributed by atoms with Crippen molar-refractivity contribution in [1.82, 2.24) is 5.32 Å². The highest BCUT2D eigenvalue weighted by Gasteiger charge is 2.49. The van der Waals surface area contributed by atoms with E-state index in [0.29, 0.717) is 42.6 Å². The zero-order valence-corrected chi connectivity index (χ0v) is 23.1. The summed E-state index contributed by atoms with van der Waals surface area (Å²) in [6.07, 6.45) is 4.33. The van der Waals surface area contributed by atoms with Crippen molar-refractivity contribution in [2.24, 2.45) is 4.99 Å². The van der Waals surface area contributed by atoms with Gasteiger partial charge in [-0.05, 0) is 42.8 Å². The van der Waals surface area contributed by atoms with Crippen molar-refractivity contribution in [2.45, 2.75) is 38.0 Å². The van der Waals surface area contributed by atoms with Crippen LogP contribution in [0.5, 0.6) is 17.2 Å². The topological polar surface area (TPSA) is 98.6 Å². The molecule has 0 saturated carbocycles. The lowest BCUT2D eigenvalue weighted by molar-refractivity contribution is -0.128. The third kappa shape index (κ3) is 6.63. The molecule has 1 amide bonds. The summed E-state index contributed by atoms with van der Waals surface area (Å²) >= 11 is 0. The van der Waals surface area contributed by atoms with Crippen LogP contribution < -0.4 is 19.5 Å². The maximum atomic E-state index is 13.9. The monoisotopic (exact) mass is 544 g/mol. The van der Waals surface area contributed by atoms with Crippen LogP contribution in [-0.2, 0) is 16.1 Å². The van der Waals surface area contributed by atoms with Gasteiger partial charge in [-0.25, -0.2) is 4.99 Å². The zero-order chi connectivity index (χ0) is 28.4. The molecule has 2 atom stereocenters. The fourth-order valence-electron chi connectivity index (χ4n) is 4.54. The molecule has 1 aliphatic rings. The van der Waals surface area contributed by atoms with Gasteiger partial charge < -0.3 is 29.4 Å². The first-order valence-electron chi connectivity index (χ1n) is 13.3. The highest BCUT2D eigenvalue weighted by Crippen LogP contribution is 2.34. The SMILES string of the molecule is COc1cccc(CNC(=O)[C@]2(C/C=C/c3ccccc3)N=C(c3ccc(OCCCO)cc3)O[C@@H]2C)c1OC. The minimum absolute atomic E-state index is 0.0775. The van der Waals surface area contributed by atoms with Gasteiger partial charge in [0.2, 0.25) is 5.90 Å². The van der Waals surface area contributed by atoms with E-state index in [1.54, 1.807) is 14.2 Å². The summed E-state index contributed by atoms with van der Waals surface area (Å²) in [7, 11) is 3.15. The quantitative estimate of drug-likeness (QED) is 0.300. The number of nitrogens with one attached hydrogen (secondary N) is 1. The Morgan fingerprint density at radius 2 is 1.82 bits per heavy atom. The largest absolute Gasteiger partial charge is 0.494 e. The molecule has 2 N–H and O–H groups in total. The molecule has 1 heterocycles. The Hall–Kier alpha value is -4.30. The van der Waals surface area contributed by atoms with Gasteiger partial charge in [0.1, 0.15) is 11.9 Å². The first-order valence-corrected chi connectivity index (χ1v) is 13.3. The normalized spacial score (nSPS) is 18.2. The lowest BCUT2D eigenvalue weighted by atomic mass is 9.88. The maximum Gasteiger partial charge on any atom is 0.252 e. The van der Waals surface area contributed by atoms with Gasteiger partial charge in [0.15, 0.2) is 17.0 Å². The third-order valence-corrected chi connectivity index (χ3v) is 6.79. The minimum Gasteiger partial charge on any atom is -0.494 e. The third-order valence-electron chi connectivity index (χ3n) is 6.79. The molecular formula is C32H36N2O6. The molecule has 0 spiro atoms. The molecule has 0 fully saturated rings. The van der Waals surface area contributed by atoms with E-state index in [9.17, 15) is 4.79 Å². The van der Waals surface area contributed by atoms with Gasteiger partial charge in [-0.2, -0.15) is 0 Å². The molecule has 0 aromatic heterocycles. The Kier molecular flexibility index (Phi) is 9.81. The molecule has 3 aromatic rings. The number of amides is 1. The van der Waals surface area contributed by atoms with Crippen molar-refractivity contribution in [3.8, 4) is 17.2 Å². The number of ether oxygens (including phenoxy) is 4. The van der Waals surface area contributed by atoms with Gasteiger partial charge in [-0.3, -0.25) is 4.79 Å². The van der Waals surface area contributed by atoms with Crippen LogP contribution in [0.4, 0.5) is 0 Å². The average molecular weight is 545 g/mol. The van der Waals surface area contributed by atoms with E-state index in [0.717, 1.165) is 16.7 Å². The van der Waals surface area contributed by atoms with Crippen LogP contribution in [0.1, 0.15) is 36.5 Å². The van der Waals surface area contributed by atoms with Gasteiger partial charge in [-0.15, -0.1) is 0 Å². The number of rotatable bonds is 13. The molecule has 4 rings (SSSR count). The summed E-state index contributed by atoms with van der Waals surface area (Å²) in [4.78, 5) is 18.8. The first-order chi connectivity index (χ1) is 19.5. The number of methoxy groups -OCH3 is 2. The summed E-state index contributed by atoms with van der Waals surface area (Å²) in [5.74, 6) is 2.00. The second-order valence-corrected chi connectivity index (χ2v) is 9.40. The smallest absolute Gasteiger partial charge is 0.252 e. The molecule has 210 valence electrons. The van der Waals surface area contributed by atoms with E-state index in [1.807, 2.05) is 91.9 Å². The maximum absolute atomic E-state index is 13.9.